The van der Waals surface area contributed by atoms with Gasteiger partial charge in [-0.05, 0) is 24.1 Å². The molecule has 6 heteroatoms. The van der Waals surface area contributed by atoms with Gasteiger partial charge < -0.3 is 15.2 Å². The van der Waals surface area contributed by atoms with Gasteiger partial charge in [0.25, 0.3) is 0 Å². The van der Waals surface area contributed by atoms with Gasteiger partial charge in [0.05, 0.1) is 19.4 Å². The average Bonchev–Trinajstić information content (AvgIpc) is 2.43. The molecule has 0 saturated heterocycles. The first-order chi connectivity index (χ1) is 9.97. The van der Waals surface area contributed by atoms with Crippen LogP contribution >= 0.6 is 0 Å². The van der Waals surface area contributed by atoms with Crippen molar-refractivity contribution in [3.8, 4) is 5.75 Å². The standard InChI is InChI=1S/C15H20FNO4/c1-3-4-11(15(19)20)9-17-14(18)8-10-5-6-13(21-2)12(16)7-10/h5-7,11H,3-4,8-9H2,1-2H3,(H,17,18)(H,19,20). The number of methoxy groups -OCH3 is 1. The molecule has 5 nitrogen and oxygen atoms in total. The summed E-state index contributed by atoms with van der Waals surface area (Å²) in [5.41, 5.74) is 0.508. The lowest BCUT2D eigenvalue weighted by Crippen LogP contribution is -2.33. The van der Waals surface area contributed by atoms with Crippen molar-refractivity contribution in [2.45, 2.75) is 26.2 Å². The van der Waals surface area contributed by atoms with Crippen LogP contribution in [0.5, 0.6) is 5.75 Å². The molecule has 0 saturated carbocycles. The smallest absolute Gasteiger partial charge is 0.308 e. The topological polar surface area (TPSA) is 75.6 Å². The van der Waals surface area contributed by atoms with Gasteiger partial charge in [0, 0.05) is 6.54 Å². The van der Waals surface area contributed by atoms with E-state index in [-0.39, 0.29) is 24.6 Å². The van der Waals surface area contributed by atoms with Gasteiger partial charge in [-0.25, -0.2) is 4.39 Å². The molecule has 116 valence electrons. The summed E-state index contributed by atoms with van der Waals surface area (Å²) in [6.45, 7) is 1.97. The number of nitrogens with one attached hydrogen (secondary N) is 1. The molecule has 1 amide bonds. The van der Waals surface area contributed by atoms with Gasteiger partial charge in [-0.1, -0.05) is 19.4 Å². The van der Waals surface area contributed by atoms with E-state index in [9.17, 15) is 14.0 Å². The molecule has 0 aliphatic heterocycles. The monoisotopic (exact) mass is 297 g/mol. The molecule has 0 heterocycles. The highest BCUT2D eigenvalue weighted by molar-refractivity contribution is 5.79. The van der Waals surface area contributed by atoms with Gasteiger partial charge in [0.15, 0.2) is 11.6 Å². The van der Waals surface area contributed by atoms with Crippen molar-refractivity contribution < 1.29 is 23.8 Å². The van der Waals surface area contributed by atoms with Crippen molar-refractivity contribution in [2.24, 2.45) is 5.92 Å². The predicted octanol–water partition coefficient (Wildman–Crippen LogP) is 1.99. The van der Waals surface area contributed by atoms with Gasteiger partial charge in [-0.15, -0.1) is 0 Å². The van der Waals surface area contributed by atoms with E-state index in [1.54, 1.807) is 6.07 Å². The van der Waals surface area contributed by atoms with Crippen molar-refractivity contribution in [3.05, 3.63) is 29.6 Å². The van der Waals surface area contributed by atoms with Crippen LogP contribution in [0, 0.1) is 11.7 Å². The van der Waals surface area contributed by atoms with Crippen LogP contribution in [0.3, 0.4) is 0 Å². The number of amides is 1. The number of benzene rings is 1. The quantitative estimate of drug-likeness (QED) is 0.769. The Hall–Kier alpha value is -2.11. The summed E-state index contributed by atoms with van der Waals surface area (Å²) in [6.07, 6.45) is 1.24. The van der Waals surface area contributed by atoms with Crippen molar-refractivity contribution in [1.82, 2.24) is 5.32 Å². The summed E-state index contributed by atoms with van der Waals surface area (Å²) in [6, 6.07) is 4.29. The molecule has 1 atom stereocenters. The first-order valence-corrected chi connectivity index (χ1v) is 6.79. The molecule has 0 fully saturated rings. The summed E-state index contributed by atoms with van der Waals surface area (Å²) >= 11 is 0. The number of carboxylic acid groups (broad SMARTS) is 1. The molecule has 0 aliphatic rings. The lowest BCUT2D eigenvalue weighted by molar-refractivity contribution is -0.141. The number of carboxylic acids is 1. The third kappa shape index (κ3) is 5.41. The molecular weight excluding hydrogens is 277 g/mol. The van der Waals surface area contributed by atoms with Crippen molar-refractivity contribution in [2.75, 3.05) is 13.7 Å². The first kappa shape index (κ1) is 16.9. The number of aliphatic carboxylic acids is 1. The Bertz CT molecular complexity index is 504. The predicted molar refractivity (Wildman–Crippen MR) is 75.7 cm³/mol. The van der Waals surface area contributed by atoms with Crippen LogP contribution in [0.2, 0.25) is 0 Å². The molecule has 2 N–H and O–H groups in total. The van der Waals surface area contributed by atoms with Gasteiger partial charge in [0.1, 0.15) is 0 Å². The highest BCUT2D eigenvalue weighted by Gasteiger charge is 2.17. The fourth-order valence-electron chi connectivity index (χ4n) is 1.97. The summed E-state index contributed by atoms with van der Waals surface area (Å²) < 4.78 is 18.3. The molecule has 0 bridgehead atoms. The number of carbonyl (C=O) groups excluding carboxylic acids is 1. The van der Waals surface area contributed by atoms with Crippen molar-refractivity contribution >= 4 is 11.9 Å². The summed E-state index contributed by atoms with van der Waals surface area (Å²) in [5, 5.41) is 11.6. The Labute approximate surface area is 123 Å². The Morgan fingerprint density at radius 1 is 1.43 bits per heavy atom. The van der Waals surface area contributed by atoms with Gasteiger partial charge >= 0.3 is 5.97 Å². The van der Waals surface area contributed by atoms with Crippen molar-refractivity contribution in [1.29, 1.82) is 0 Å². The zero-order valence-electron chi connectivity index (χ0n) is 12.2. The van der Waals surface area contributed by atoms with Gasteiger partial charge in [-0.2, -0.15) is 0 Å². The molecule has 0 spiro atoms. The number of hydrogen-bond donors (Lipinski definition) is 2. The SMILES string of the molecule is CCCC(CNC(=O)Cc1ccc(OC)c(F)c1)C(=O)O. The molecule has 0 aliphatic carbocycles. The zero-order chi connectivity index (χ0) is 15.8. The van der Waals surface area contributed by atoms with Crippen LogP contribution in [0.4, 0.5) is 4.39 Å². The molecule has 1 aromatic carbocycles. The Morgan fingerprint density at radius 2 is 2.14 bits per heavy atom. The zero-order valence-corrected chi connectivity index (χ0v) is 12.2. The first-order valence-electron chi connectivity index (χ1n) is 6.79. The number of halogens is 1. The maximum Gasteiger partial charge on any atom is 0.308 e. The van der Waals surface area contributed by atoms with E-state index in [0.717, 1.165) is 6.42 Å². The van der Waals surface area contributed by atoms with E-state index < -0.39 is 17.7 Å². The second kappa shape index (κ2) is 8.24. The minimum Gasteiger partial charge on any atom is -0.494 e. The lowest BCUT2D eigenvalue weighted by atomic mass is 10.0. The largest absolute Gasteiger partial charge is 0.494 e. The van der Waals surface area contributed by atoms with Crippen LogP contribution < -0.4 is 10.1 Å². The van der Waals surface area contributed by atoms with E-state index in [2.05, 4.69) is 5.32 Å². The number of rotatable bonds is 8. The van der Waals surface area contributed by atoms with Crippen LogP contribution in [0.1, 0.15) is 25.3 Å². The molecule has 0 radical (unpaired) electrons. The molecule has 1 rings (SSSR count). The summed E-state index contributed by atoms with van der Waals surface area (Å²) in [4.78, 5) is 22.7. The van der Waals surface area contributed by atoms with Gasteiger partial charge in [0.2, 0.25) is 5.91 Å². The highest BCUT2D eigenvalue weighted by Crippen LogP contribution is 2.17. The van der Waals surface area contributed by atoms with E-state index in [4.69, 9.17) is 9.84 Å². The molecular formula is C15H20FNO4. The molecule has 0 aromatic heterocycles. The minimum absolute atomic E-state index is 0.000617. The fraction of sp³-hybridized carbons (Fsp3) is 0.467. The Kier molecular flexibility index (Phi) is 6.65. The number of hydrogen-bond acceptors (Lipinski definition) is 3. The van der Waals surface area contributed by atoms with Crippen LogP contribution in [-0.4, -0.2) is 30.6 Å². The molecule has 1 unspecified atom stereocenters. The second-order valence-electron chi connectivity index (χ2n) is 4.77. The highest BCUT2D eigenvalue weighted by atomic mass is 19.1. The molecule has 21 heavy (non-hydrogen) atoms. The van der Waals surface area contributed by atoms with Crippen LogP contribution in [0.25, 0.3) is 0 Å². The minimum atomic E-state index is -0.923. The maximum atomic E-state index is 13.5. The van der Waals surface area contributed by atoms with E-state index in [1.807, 2.05) is 6.92 Å². The number of carbonyl (C=O) groups is 2. The van der Waals surface area contributed by atoms with Crippen molar-refractivity contribution in [3.63, 3.8) is 0 Å². The van der Waals surface area contributed by atoms with E-state index in [1.165, 1.54) is 19.2 Å². The third-order valence-electron chi connectivity index (χ3n) is 3.11. The van der Waals surface area contributed by atoms with Crippen LogP contribution in [0.15, 0.2) is 18.2 Å². The summed E-state index contributed by atoms with van der Waals surface area (Å²) in [5.74, 6) is -2.26. The van der Waals surface area contributed by atoms with E-state index >= 15 is 0 Å². The van der Waals surface area contributed by atoms with Crippen LogP contribution in [-0.2, 0) is 16.0 Å². The fourth-order valence-corrected chi connectivity index (χ4v) is 1.97. The molecule has 1 aromatic rings. The number of ether oxygens (including phenoxy) is 1. The van der Waals surface area contributed by atoms with E-state index in [0.29, 0.717) is 12.0 Å². The normalized spacial score (nSPS) is 11.8. The lowest BCUT2D eigenvalue weighted by Gasteiger charge is -2.12. The second-order valence-corrected chi connectivity index (χ2v) is 4.77. The Balaban J connectivity index is 2.53. The maximum absolute atomic E-state index is 13.5. The summed E-state index contributed by atoms with van der Waals surface area (Å²) in [7, 11) is 1.37. The Morgan fingerprint density at radius 3 is 2.67 bits per heavy atom. The average molecular weight is 297 g/mol. The third-order valence-corrected chi connectivity index (χ3v) is 3.11. The van der Waals surface area contributed by atoms with Gasteiger partial charge in [-0.3, -0.25) is 9.59 Å².